The first-order valence-corrected chi connectivity index (χ1v) is 16.9. The fourth-order valence-electron chi connectivity index (χ4n) is 5.44. The Hall–Kier alpha value is -3.20. The number of hydrogen-bond donors (Lipinski definition) is 2. The first-order chi connectivity index (χ1) is 20.4. The number of carbonyl (C=O) groups is 1. The van der Waals surface area contributed by atoms with Crippen molar-refractivity contribution in [2.24, 2.45) is 5.92 Å². The lowest BCUT2D eigenvalue weighted by molar-refractivity contribution is -0.0603. The summed E-state index contributed by atoms with van der Waals surface area (Å²) in [4.78, 5) is 16.0. The van der Waals surface area contributed by atoms with E-state index in [1.165, 1.54) is 0 Å². The van der Waals surface area contributed by atoms with Gasteiger partial charge in [-0.2, -0.15) is 0 Å². The van der Waals surface area contributed by atoms with Crippen molar-refractivity contribution in [3.63, 3.8) is 0 Å². The van der Waals surface area contributed by atoms with Crippen LogP contribution in [0.25, 0.3) is 0 Å². The van der Waals surface area contributed by atoms with Gasteiger partial charge in [-0.3, -0.25) is 4.79 Å². The van der Waals surface area contributed by atoms with Crippen molar-refractivity contribution in [1.82, 2.24) is 9.62 Å². The van der Waals surface area contributed by atoms with Gasteiger partial charge in [0.2, 0.25) is 10.0 Å². The molecule has 0 bridgehead atoms. The Labute approximate surface area is 257 Å². The number of unbranched alkanes of at least 4 members (excludes halogenated alkanes) is 1. The molecule has 0 spiro atoms. The second-order valence-corrected chi connectivity index (χ2v) is 13.9. The minimum atomic E-state index is -3.99. The van der Waals surface area contributed by atoms with Crippen LogP contribution in [0.5, 0.6) is 5.75 Å². The third-order valence-electron chi connectivity index (χ3n) is 8.49. The van der Waals surface area contributed by atoms with Crippen LogP contribution in [-0.4, -0.2) is 42.6 Å². The monoisotopic (exact) mass is 606 g/mol. The SMILES string of the molecule is CCc1ccc(S(=O)(=O)N[C@@H]2c3cc(C(=O)N(CCCCC(C)CC)Cc4ccccc4)ccc3OC(C)(C)[C@H]2O)cc1. The largest absolute Gasteiger partial charge is 0.485 e. The highest BCUT2D eigenvalue weighted by molar-refractivity contribution is 7.89. The van der Waals surface area contributed by atoms with Crippen molar-refractivity contribution in [2.75, 3.05) is 6.54 Å². The molecule has 3 aromatic carbocycles. The molecule has 0 saturated carbocycles. The number of aliphatic hydroxyl groups excluding tert-OH is 1. The van der Waals surface area contributed by atoms with E-state index in [9.17, 15) is 18.3 Å². The molecule has 0 aromatic heterocycles. The predicted octanol–water partition coefficient (Wildman–Crippen LogP) is 6.66. The zero-order valence-electron chi connectivity index (χ0n) is 26.0. The maximum atomic E-state index is 14.0. The van der Waals surface area contributed by atoms with Crippen molar-refractivity contribution in [2.45, 2.75) is 95.9 Å². The lowest BCUT2D eigenvalue weighted by Crippen LogP contribution is -2.53. The van der Waals surface area contributed by atoms with Gasteiger partial charge in [0.05, 0.1) is 10.9 Å². The second-order valence-electron chi connectivity index (χ2n) is 12.2. The van der Waals surface area contributed by atoms with E-state index < -0.39 is 27.8 Å². The Morgan fingerprint density at radius 2 is 1.70 bits per heavy atom. The number of aliphatic hydroxyl groups is 1. The van der Waals surface area contributed by atoms with Crippen molar-refractivity contribution < 1.29 is 23.1 Å². The maximum absolute atomic E-state index is 14.0. The average Bonchev–Trinajstić information content (AvgIpc) is 3.00. The molecule has 1 heterocycles. The fourth-order valence-corrected chi connectivity index (χ4v) is 6.66. The van der Waals surface area contributed by atoms with E-state index in [4.69, 9.17) is 4.74 Å². The molecule has 0 radical (unpaired) electrons. The molecule has 232 valence electrons. The van der Waals surface area contributed by atoms with Crippen molar-refractivity contribution >= 4 is 15.9 Å². The molecule has 1 aliphatic rings. The minimum Gasteiger partial charge on any atom is -0.485 e. The number of benzene rings is 3. The normalized spacial score (nSPS) is 18.4. The van der Waals surface area contributed by atoms with Crippen LogP contribution in [0.1, 0.15) is 93.4 Å². The van der Waals surface area contributed by atoms with Gasteiger partial charge in [-0.05, 0) is 74.1 Å². The summed E-state index contributed by atoms with van der Waals surface area (Å²) < 4.78 is 35.8. The molecule has 1 amide bonds. The van der Waals surface area contributed by atoms with Gasteiger partial charge in [0.25, 0.3) is 5.91 Å². The number of nitrogens with one attached hydrogen (secondary N) is 1. The Morgan fingerprint density at radius 3 is 2.35 bits per heavy atom. The van der Waals surface area contributed by atoms with Crippen LogP contribution in [0, 0.1) is 5.92 Å². The topological polar surface area (TPSA) is 95.9 Å². The minimum absolute atomic E-state index is 0.112. The van der Waals surface area contributed by atoms with E-state index in [1.807, 2.05) is 42.2 Å². The van der Waals surface area contributed by atoms with Gasteiger partial charge in [0, 0.05) is 24.2 Å². The number of ether oxygens (including phenoxy) is 1. The first-order valence-electron chi connectivity index (χ1n) is 15.4. The number of carbonyl (C=O) groups excluding carboxylic acids is 1. The van der Waals surface area contributed by atoms with Gasteiger partial charge in [-0.1, -0.05) is 82.5 Å². The molecule has 1 aliphatic heterocycles. The molecule has 43 heavy (non-hydrogen) atoms. The van der Waals surface area contributed by atoms with Crippen LogP contribution in [0.15, 0.2) is 77.7 Å². The number of rotatable bonds is 13. The van der Waals surface area contributed by atoms with E-state index in [1.54, 1.807) is 56.3 Å². The Kier molecular flexibility index (Phi) is 10.7. The number of aryl methyl sites for hydroxylation is 1. The fraction of sp³-hybridized carbons (Fsp3) is 0.457. The van der Waals surface area contributed by atoms with Gasteiger partial charge in [0.15, 0.2) is 0 Å². The molecule has 1 unspecified atom stereocenters. The number of nitrogens with zero attached hydrogens (tertiary/aromatic N) is 1. The van der Waals surface area contributed by atoms with E-state index in [0.717, 1.165) is 43.2 Å². The lowest BCUT2D eigenvalue weighted by atomic mass is 9.86. The van der Waals surface area contributed by atoms with Crippen LogP contribution >= 0.6 is 0 Å². The van der Waals surface area contributed by atoms with Crippen molar-refractivity contribution in [1.29, 1.82) is 0 Å². The summed E-state index contributed by atoms with van der Waals surface area (Å²) in [6, 6.07) is 20.7. The number of sulfonamides is 1. The average molecular weight is 607 g/mol. The molecule has 4 rings (SSSR count). The Morgan fingerprint density at radius 1 is 1.00 bits per heavy atom. The molecule has 3 atom stereocenters. The van der Waals surface area contributed by atoms with Crippen molar-refractivity contribution in [3.05, 3.63) is 95.1 Å². The van der Waals surface area contributed by atoms with Crippen LogP contribution in [0.3, 0.4) is 0 Å². The van der Waals surface area contributed by atoms with E-state index in [2.05, 4.69) is 18.6 Å². The molecule has 0 saturated heterocycles. The maximum Gasteiger partial charge on any atom is 0.254 e. The van der Waals surface area contributed by atoms with Crippen LogP contribution in [-0.2, 0) is 23.0 Å². The Balaban J connectivity index is 1.64. The molecule has 8 heteroatoms. The zero-order chi connectivity index (χ0) is 31.2. The highest BCUT2D eigenvalue weighted by Crippen LogP contribution is 2.41. The summed E-state index contributed by atoms with van der Waals surface area (Å²) in [7, 11) is -3.99. The quantitative estimate of drug-likeness (QED) is 0.212. The number of amides is 1. The summed E-state index contributed by atoms with van der Waals surface area (Å²) in [5.41, 5.74) is 1.86. The molecular formula is C35H46N2O5S. The van der Waals surface area contributed by atoms with Gasteiger partial charge < -0.3 is 14.7 Å². The van der Waals surface area contributed by atoms with E-state index in [-0.39, 0.29) is 10.8 Å². The summed E-state index contributed by atoms with van der Waals surface area (Å²) in [5.74, 6) is 0.940. The highest BCUT2D eigenvalue weighted by Gasteiger charge is 2.45. The summed E-state index contributed by atoms with van der Waals surface area (Å²) >= 11 is 0. The van der Waals surface area contributed by atoms with Gasteiger partial charge in [-0.25, -0.2) is 13.1 Å². The smallest absolute Gasteiger partial charge is 0.254 e. The number of hydrogen-bond acceptors (Lipinski definition) is 5. The van der Waals surface area contributed by atoms with Crippen LogP contribution in [0.2, 0.25) is 0 Å². The second kappa shape index (κ2) is 14.1. The molecule has 0 aliphatic carbocycles. The van der Waals surface area contributed by atoms with Crippen LogP contribution in [0.4, 0.5) is 0 Å². The lowest BCUT2D eigenvalue weighted by Gasteiger charge is -2.42. The zero-order valence-corrected chi connectivity index (χ0v) is 26.9. The summed E-state index contributed by atoms with van der Waals surface area (Å²) in [6.45, 7) is 11.0. The Bertz CT molecular complexity index is 1470. The molecule has 0 fully saturated rings. The highest BCUT2D eigenvalue weighted by atomic mass is 32.2. The van der Waals surface area contributed by atoms with Gasteiger partial charge >= 0.3 is 0 Å². The van der Waals surface area contributed by atoms with Crippen LogP contribution < -0.4 is 9.46 Å². The molecule has 7 nitrogen and oxygen atoms in total. The van der Waals surface area contributed by atoms with E-state index >= 15 is 0 Å². The van der Waals surface area contributed by atoms with E-state index in [0.29, 0.717) is 35.9 Å². The van der Waals surface area contributed by atoms with Crippen molar-refractivity contribution in [3.8, 4) is 5.75 Å². The molecular weight excluding hydrogens is 560 g/mol. The van der Waals surface area contributed by atoms with Gasteiger partial charge in [0.1, 0.15) is 17.5 Å². The summed E-state index contributed by atoms with van der Waals surface area (Å²) in [5, 5.41) is 11.3. The standard InChI is InChI=1S/C35H46N2O5S/c1-6-25(3)13-11-12-22-37(24-27-14-9-8-10-15-27)34(39)28-18-21-31-30(23-28)32(33(38)35(4,5)42-31)36-43(40,41)29-19-16-26(7-2)17-20-29/h8-10,14-21,23,25,32-33,36,38H,6-7,11-13,22,24H2,1-5H3/t25?,32-,33+/m1/s1. The predicted molar refractivity (Wildman–Crippen MR) is 171 cm³/mol. The first kappa shape index (κ1) is 32.7. The summed E-state index contributed by atoms with van der Waals surface area (Å²) in [6.07, 6.45) is 3.79. The molecule has 2 N–H and O–H groups in total. The third kappa shape index (κ3) is 8.05. The van der Waals surface area contributed by atoms with Gasteiger partial charge in [-0.15, -0.1) is 0 Å². The molecule has 3 aromatic rings. The number of fused-ring (bicyclic) bond motifs is 1. The third-order valence-corrected chi connectivity index (χ3v) is 9.95.